The normalized spacial score (nSPS) is 13.6. The molecule has 3 rings (SSSR count). The second-order valence-corrected chi connectivity index (χ2v) is 7.15. The highest BCUT2D eigenvalue weighted by Crippen LogP contribution is 2.30. The molecular formula is C20H21BrN2O2. The molecule has 0 N–H and O–H groups in total. The average molecular weight is 401 g/mol. The zero-order chi connectivity index (χ0) is 18.0. The van der Waals surface area contributed by atoms with Gasteiger partial charge in [-0.05, 0) is 61.7 Å². The number of carbonyl (C=O) groups excluding carboxylic acids is 2. The van der Waals surface area contributed by atoms with E-state index >= 15 is 0 Å². The van der Waals surface area contributed by atoms with Crippen LogP contribution in [0.15, 0.2) is 46.9 Å². The zero-order valence-corrected chi connectivity index (χ0v) is 16.0. The van der Waals surface area contributed by atoms with Gasteiger partial charge in [-0.1, -0.05) is 28.1 Å². The predicted octanol–water partition coefficient (Wildman–Crippen LogP) is 4.09. The Morgan fingerprint density at radius 3 is 2.72 bits per heavy atom. The van der Waals surface area contributed by atoms with E-state index in [0.29, 0.717) is 19.4 Å². The van der Waals surface area contributed by atoms with Gasteiger partial charge in [-0.3, -0.25) is 9.59 Å². The third-order valence-corrected chi connectivity index (χ3v) is 4.96. The molecule has 0 spiro atoms. The maximum absolute atomic E-state index is 12.9. The molecule has 1 heterocycles. The van der Waals surface area contributed by atoms with Crippen LogP contribution in [0.5, 0.6) is 0 Å². The second-order valence-electron chi connectivity index (χ2n) is 6.23. The van der Waals surface area contributed by atoms with E-state index in [1.54, 1.807) is 9.80 Å². The van der Waals surface area contributed by atoms with Crippen molar-refractivity contribution in [2.24, 2.45) is 0 Å². The zero-order valence-electron chi connectivity index (χ0n) is 14.5. The van der Waals surface area contributed by atoms with Crippen LogP contribution >= 0.6 is 15.9 Å². The summed E-state index contributed by atoms with van der Waals surface area (Å²) in [5, 5.41) is 0. The first-order valence-corrected chi connectivity index (χ1v) is 9.24. The van der Waals surface area contributed by atoms with Crippen LogP contribution in [0.1, 0.15) is 24.5 Å². The molecule has 130 valence electrons. The Hall–Kier alpha value is -2.14. The molecule has 0 saturated carbocycles. The summed E-state index contributed by atoms with van der Waals surface area (Å²) in [6.07, 6.45) is 1.15. The predicted molar refractivity (Wildman–Crippen MR) is 104 cm³/mol. The summed E-state index contributed by atoms with van der Waals surface area (Å²) in [4.78, 5) is 28.7. The van der Waals surface area contributed by atoms with Gasteiger partial charge >= 0.3 is 0 Å². The van der Waals surface area contributed by atoms with Crippen molar-refractivity contribution < 1.29 is 9.59 Å². The topological polar surface area (TPSA) is 40.6 Å². The Balaban J connectivity index is 1.86. The van der Waals surface area contributed by atoms with Gasteiger partial charge in [0, 0.05) is 28.8 Å². The quantitative estimate of drug-likeness (QED) is 0.775. The number of halogens is 1. The van der Waals surface area contributed by atoms with Gasteiger partial charge in [0.15, 0.2) is 0 Å². The number of fused-ring (bicyclic) bond motifs is 1. The Morgan fingerprint density at radius 1 is 1.20 bits per heavy atom. The number of aryl methyl sites for hydroxylation is 2. The minimum Gasteiger partial charge on any atom is -0.311 e. The molecule has 0 fully saturated rings. The largest absolute Gasteiger partial charge is 0.311 e. The van der Waals surface area contributed by atoms with Gasteiger partial charge in [0.05, 0.1) is 0 Å². The van der Waals surface area contributed by atoms with Crippen molar-refractivity contribution in [3.8, 4) is 0 Å². The smallest absolute Gasteiger partial charge is 0.247 e. The Bertz CT molecular complexity index is 819. The molecule has 5 heteroatoms. The summed E-state index contributed by atoms with van der Waals surface area (Å²) in [7, 11) is 0. The average Bonchev–Trinajstić information content (AvgIpc) is 2.58. The van der Waals surface area contributed by atoms with Gasteiger partial charge < -0.3 is 9.80 Å². The van der Waals surface area contributed by atoms with Crippen molar-refractivity contribution in [3.63, 3.8) is 0 Å². The maximum Gasteiger partial charge on any atom is 0.247 e. The molecular weight excluding hydrogens is 380 g/mol. The van der Waals surface area contributed by atoms with Gasteiger partial charge in [-0.25, -0.2) is 0 Å². The molecule has 0 aliphatic carbocycles. The maximum atomic E-state index is 12.9. The van der Waals surface area contributed by atoms with Gasteiger partial charge in [0.25, 0.3) is 0 Å². The Kier molecular flexibility index (Phi) is 5.23. The van der Waals surface area contributed by atoms with Crippen molar-refractivity contribution in [1.29, 1.82) is 0 Å². The highest BCUT2D eigenvalue weighted by molar-refractivity contribution is 9.10. The fraction of sp³-hybridized carbons (Fsp3) is 0.300. The summed E-state index contributed by atoms with van der Waals surface area (Å²) < 4.78 is 0.988. The molecule has 0 aromatic heterocycles. The number of carbonyl (C=O) groups is 2. The molecule has 0 bridgehead atoms. The van der Waals surface area contributed by atoms with Crippen molar-refractivity contribution in [3.05, 3.63) is 58.1 Å². The lowest BCUT2D eigenvalue weighted by Gasteiger charge is -2.31. The molecule has 2 amide bonds. The number of rotatable bonds is 4. The molecule has 2 aromatic rings. The van der Waals surface area contributed by atoms with Crippen LogP contribution in [0.2, 0.25) is 0 Å². The lowest BCUT2D eigenvalue weighted by Crippen LogP contribution is -2.45. The monoisotopic (exact) mass is 400 g/mol. The van der Waals surface area contributed by atoms with Crippen LogP contribution in [0.3, 0.4) is 0 Å². The van der Waals surface area contributed by atoms with E-state index in [-0.39, 0.29) is 18.4 Å². The molecule has 1 aliphatic rings. The molecule has 0 saturated heterocycles. The van der Waals surface area contributed by atoms with Crippen LogP contribution in [0.4, 0.5) is 11.4 Å². The lowest BCUT2D eigenvalue weighted by molar-refractivity contribution is -0.122. The summed E-state index contributed by atoms with van der Waals surface area (Å²) in [5.41, 5.74) is 3.91. The minimum absolute atomic E-state index is 0.00321. The van der Waals surface area contributed by atoms with Gasteiger partial charge in [0.1, 0.15) is 6.54 Å². The number of anilines is 2. The fourth-order valence-electron chi connectivity index (χ4n) is 3.22. The SMILES string of the molecule is CCN(C(=O)CN1C(=O)CCc2cc(Br)ccc21)c1cccc(C)c1. The van der Waals surface area contributed by atoms with E-state index in [2.05, 4.69) is 15.9 Å². The van der Waals surface area contributed by atoms with E-state index in [4.69, 9.17) is 0 Å². The van der Waals surface area contributed by atoms with E-state index in [1.807, 2.05) is 56.3 Å². The van der Waals surface area contributed by atoms with Gasteiger partial charge in [0.2, 0.25) is 11.8 Å². The Labute approximate surface area is 156 Å². The summed E-state index contributed by atoms with van der Waals surface area (Å²) in [6.45, 7) is 4.58. The van der Waals surface area contributed by atoms with Crippen LogP contribution in [0.25, 0.3) is 0 Å². The number of hydrogen-bond acceptors (Lipinski definition) is 2. The van der Waals surface area contributed by atoms with Crippen molar-refractivity contribution in [1.82, 2.24) is 0 Å². The van der Waals surface area contributed by atoms with E-state index in [9.17, 15) is 9.59 Å². The fourth-order valence-corrected chi connectivity index (χ4v) is 3.63. The summed E-state index contributed by atoms with van der Waals surface area (Å²) in [5.74, 6) is -0.0688. The molecule has 0 radical (unpaired) electrons. The minimum atomic E-state index is -0.0720. The highest BCUT2D eigenvalue weighted by Gasteiger charge is 2.27. The van der Waals surface area contributed by atoms with Crippen molar-refractivity contribution in [2.75, 3.05) is 22.9 Å². The first kappa shape index (κ1) is 17.7. The standard InChI is InChI=1S/C20H21BrN2O2/c1-3-22(17-6-4-5-14(2)11-17)20(25)13-23-18-9-8-16(21)12-15(18)7-10-19(23)24/h4-6,8-9,11-12H,3,7,10,13H2,1-2H3. The lowest BCUT2D eigenvalue weighted by atomic mass is 10.0. The van der Waals surface area contributed by atoms with E-state index in [1.165, 1.54) is 0 Å². The number of amides is 2. The number of nitrogens with zero attached hydrogens (tertiary/aromatic N) is 2. The first-order valence-electron chi connectivity index (χ1n) is 8.45. The molecule has 0 unspecified atom stereocenters. The first-order chi connectivity index (χ1) is 12.0. The molecule has 1 aliphatic heterocycles. The molecule has 25 heavy (non-hydrogen) atoms. The highest BCUT2D eigenvalue weighted by atomic mass is 79.9. The Morgan fingerprint density at radius 2 is 2.00 bits per heavy atom. The number of benzene rings is 2. The van der Waals surface area contributed by atoms with Crippen LogP contribution in [-0.4, -0.2) is 24.9 Å². The van der Waals surface area contributed by atoms with E-state index in [0.717, 1.165) is 27.0 Å². The van der Waals surface area contributed by atoms with Crippen LogP contribution in [-0.2, 0) is 16.0 Å². The van der Waals surface area contributed by atoms with Gasteiger partial charge in [-0.2, -0.15) is 0 Å². The van der Waals surface area contributed by atoms with Crippen LogP contribution < -0.4 is 9.80 Å². The summed E-state index contributed by atoms with van der Waals surface area (Å²) in [6, 6.07) is 13.7. The number of hydrogen-bond donors (Lipinski definition) is 0. The molecule has 0 atom stereocenters. The molecule has 4 nitrogen and oxygen atoms in total. The van der Waals surface area contributed by atoms with E-state index < -0.39 is 0 Å². The third kappa shape index (κ3) is 3.76. The van der Waals surface area contributed by atoms with Gasteiger partial charge in [-0.15, -0.1) is 0 Å². The second kappa shape index (κ2) is 7.40. The molecule has 2 aromatic carbocycles. The van der Waals surface area contributed by atoms with Crippen molar-refractivity contribution >= 4 is 39.1 Å². The summed E-state index contributed by atoms with van der Waals surface area (Å²) >= 11 is 3.47. The number of likely N-dealkylation sites (N-methyl/N-ethyl adjacent to an activating group) is 1. The van der Waals surface area contributed by atoms with Crippen LogP contribution in [0, 0.1) is 6.92 Å². The third-order valence-electron chi connectivity index (χ3n) is 4.47. The van der Waals surface area contributed by atoms with Crippen molar-refractivity contribution in [2.45, 2.75) is 26.7 Å².